The zero-order valence-electron chi connectivity index (χ0n) is 13.0. The Balaban J connectivity index is 2.38. The van der Waals surface area contributed by atoms with E-state index in [1.54, 1.807) is 39.8 Å². The highest BCUT2D eigenvalue weighted by molar-refractivity contribution is 9.10. The third kappa shape index (κ3) is 7.22. The van der Waals surface area contributed by atoms with Gasteiger partial charge in [0, 0.05) is 0 Å². The van der Waals surface area contributed by atoms with Crippen molar-refractivity contribution in [2.45, 2.75) is 45.3 Å². The molecule has 1 rings (SSSR count). The van der Waals surface area contributed by atoms with E-state index in [2.05, 4.69) is 26.6 Å². The van der Waals surface area contributed by atoms with Crippen LogP contribution in [0.25, 0.3) is 0 Å². The Morgan fingerprint density at radius 3 is 2.50 bits per heavy atom. The van der Waals surface area contributed by atoms with Crippen LogP contribution in [0.4, 0.5) is 13.6 Å². The summed E-state index contributed by atoms with van der Waals surface area (Å²) in [6.45, 7) is 5.30. The molecule has 2 N–H and O–H groups in total. The van der Waals surface area contributed by atoms with E-state index in [0.717, 1.165) is 0 Å². The van der Waals surface area contributed by atoms with Gasteiger partial charge < -0.3 is 19.8 Å². The average Bonchev–Trinajstić information content (AvgIpc) is 2.79. The molecule has 1 unspecified atom stereocenters. The fourth-order valence-corrected chi connectivity index (χ4v) is 1.86. The summed E-state index contributed by atoms with van der Waals surface area (Å²) in [5.41, 5.74) is -0.723. The van der Waals surface area contributed by atoms with Crippen LogP contribution in [0.15, 0.2) is 21.2 Å². The number of amides is 1. The van der Waals surface area contributed by atoms with E-state index in [1.165, 1.54) is 0 Å². The quantitative estimate of drug-likeness (QED) is 0.783. The summed E-state index contributed by atoms with van der Waals surface area (Å²) in [4.78, 5) is 11.4. The van der Waals surface area contributed by atoms with Crippen molar-refractivity contribution in [1.29, 1.82) is 0 Å². The Morgan fingerprint density at radius 1 is 1.36 bits per heavy atom. The van der Waals surface area contributed by atoms with Crippen molar-refractivity contribution in [2.75, 3.05) is 13.1 Å². The molecule has 0 saturated heterocycles. The molecule has 0 saturated carbocycles. The van der Waals surface area contributed by atoms with Gasteiger partial charge in [-0.05, 0) is 55.8 Å². The molecule has 0 spiro atoms. The van der Waals surface area contributed by atoms with Crippen LogP contribution in [0, 0.1) is 0 Å². The Hall–Kier alpha value is -1.15. The second-order valence-corrected chi connectivity index (χ2v) is 6.74. The molecule has 8 heteroatoms. The van der Waals surface area contributed by atoms with Gasteiger partial charge in [-0.15, -0.1) is 0 Å². The minimum Gasteiger partial charge on any atom is -0.453 e. The van der Waals surface area contributed by atoms with E-state index in [9.17, 15) is 13.6 Å². The third-order valence-corrected chi connectivity index (χ3v) is 3.00. The summed E-state index contributed by atoms with van der Waals surface area (Å²) >= 11 is 3.15. The van der Waals surface area contributed by atoms with Gasteiger partial charge in [0.15, 0.2) is 4.67 Å². The van der Waals surface area contributed by atoms with Gasteiger partial charge >= 0.3 is 6.09 Å². The molecule has 0 aliphatic heterocycles. The Morgan fingerprint density at radius 2 is 2.00 bits per heavy atom. The smallest absolute Gasteiger partial charge is 0.407 e. The van der Waals surface area contributed by atoms with Crippen molar-refractivity contribution in [3.05, 3.63) is 22.6 Å². The minimum atomic E-state index is -3.10. The maximum absolute atomic E-state index is 13.7. The fourth-order valence-electron chi connectivity index (χ4n) is 1.54. The lowest BCUT2D eigenvalue weighted by Gasteiger charge is -2.23. The molecule has 1 amide bonds. The van der Waals surface area contributed by atoms with Crippen molar-refractivity contribution in [1.82, 2.24) is 10.6 Å². The number of carbonyl (C=O) groups excluding carboxylic acids is 1. The van der Waals surface area contributed by atoms with Crippen LogP contribution in [-0.4, -0.2) is 30.7 Å². The highest BCUT2D eigenvalue weighted by atomic mass is 79.9. The zero-order valence-corrected chi connectivity index (χ0v) is 14.6. The van der Waals surface area contributed by atoms with E-state index in [1.807, 2.05) is 0 Å². The first-order valence-corrected chi connectivity index (χ1v) is 7.61. The van der Waals surface area contributed by atoms with Crippen LogP contribution in [0.3, 0.4) is 0 Å². The number of carbonyl (C=O) groups is 1. The highest BCUT2D eigenvalue weighted by Gasteiger charge is 2.31. The molecule has 0 aliphatic rings. The maximum atomic E-state index is 13.7. The number of nitrogens with one attached hydrogen (secondary N) is 2. The van der Waals surface area contributed by atoms with Gasteiger partial charge in [-0.1, -0.05) is 0 Å². The van der Waals surface area contributed by atoms with Crippen molar-refractivity contribution < 1.29 is 22.7 Å². The minimum absolute atomic E-state index is 0.376. The summed E-state index contributed by atoms with van der Waals surface area (Å²) < 4.78 is 38.2. The Labute approximate surface area is 136 Å². The van der Waals surface area contributed by atoms with Crippen molar-refractivity contribution in [3.8, 4) is 0 Å². The molecule has 0 aromatic carbocycles. The first kappa shape index (κ1) is 18.9. The molecule has 1 heterocycles. The predicted octanol–water partition coefficient (Wildman–Crippen LogP) is 3.85. The first-order valence-electron chi connectivity index (χ1n) is 6.82. The summed E-state index contributed by atoms with van der Waals surface area (Å²) in [6.07, 6.45) is -0.866. The van der Waals surface area contributed by atoms with E-state index >= 15 is 0 Å². The summed E-state index contributed by atoms with van der Waals surface area (Å²) in [5, 5.41) is 4.73. The lowest BCUT2D eigenvalue weighted by molar-refractivity contribution is -0.00567. The van der Waals surface area contributed by atoms with Crippen molar-refractivity contribution in [2.24, 2.45) is 0 Å². The number of hydrogen-bond acceptors (Lipinski definition) is 4. The molecule has 5 nitrogen and oxygen atoms in total. The fraction of sp³-hybridized carbons (Fsp3) is 0.643. The van der Waals surface area contributed by atoms with Crippen LogP contribution in [-0.2, 0) is 4.74 Å². The Kier molecular flexibility index (Phi) is 6.37. The van der Waals surface area contributed by atoms with Gasteiger partial charge in [0.25, 0.3) is 5.92 Å². The van der Waals surface area contributed by atoms with Gasteiger partial charge in [0.2, 0.25) is 0 Å². The molecule has 0 radical (unpaired) electrons. The lowest BCUT2D eigenvalue weighted by atomic mass is 10.2. The van der Waals surface area contributed by atoms with Gasteiger partial charge in [-0.25, -0.2) is 13.6 Å². The third-order valence-electron chi connectivity index (χ3n) is 2.58. The molecule has 22 heavy (non-hydrogen) atoms. The molecular formula is C14H21BrF2N2O3. The molecule has 126 valence electrons. The molecule has 0 fully saturated rings. The van der Waals surface area contributed by atoms with Crippen LogP contribution in [0.1, 0.15) is 39.5 Å². The van der Waals surface area contributed by atoms with Gasteiger partial charge in [0.05, 0.1) is 19.1 Å². The van der Waals surface area contributed by atoms with E-state index in [0.29, 0.717) is 10.4 Å². The molecule has 1 aromatic heterocycles. The number of alkyl halides is 2. The SMILES string of the molecule is CC(NCC(F)(F)CNC(=O)OC(C)(C)C)c1ccc(Br)o1. The van der Waals surface area contributed by atoms with E-state index < -0.39 is 30.7 Å². The standard InChI is InChI=1S/C14H21BrF2N2O3/c1-9(10-5-6-11(15)21-10)18-7-14(16,17)8-19-12(20)22-13(2,3)4/h5-6,9,18H,7-8H2,1-4H3,(H,19,20). The number of rotatable bonds is 6. The van der Waals surface area contributed by atoms with Gasteiger partial charge in [-0.2, -0.15) is 0 Å². The largest absolute Gasteiger partial charge is 0.453 e. The molecule has 0 bridgehead atoms. The lowest BCUT2D eigenvalue weighted by Crippen LogP contribution is -2.45. The number of halogens is 3. The molecule has 1 aromatic rings. The van der Waals surface area contributed by atoms with Gasteiger partial charge in [-0.3, -0.25) is 0 Å². The molecule has 1 atom stereocenters. The summed E-state index contributed by atoms with van der Waals surface area (Å²) in [7, 11) is 0. The number of furan rings is 1. The van der Waals surface area contributed by atoms with Gasteiger partial charge in [0.1, 0.15) is 11.4 Å². The maximum Gasteiger partial charge on any atom is 0.407 e. The molecule has 0 aliphatic carbocycles. The van der Waals surface area contributed by atoms with Crippen LogP contribution in [0.2, 0.25) is 0 Å². The first-order chi connectivity index (χ1) is 9.98. The predicted molar refractivity (Wildman–Crippen MR) is 82.0 cm³/mol. The van der Waals surface area contributed by atoms with E-state index in [4.69, 9.17) is 9.15 Å². The number of hydrogen-bond donors (Lipinski definition) is 2. The highest BCUT2D eigenvalue weighted by Crippen LogP contribution is 2.21. The molecular weight excluding hydrogens is 362 g/mol. The van der Waals surface area contributed by atoms with Crippen LogP contribution in [0.5, 0.6) is 0 Å². The summed E-state index contributed by atoms with van der Waals surface area (Å²) in [5.74, 6) is -2.56. The number of ether oxygens (including phenoxy) is 1. The zero-order chi connectivity index (χ0) is 17.0. The summed E-state index contributed by atoms with van der Waals surface area (Å²) in [6, 6.07) is 3.01. The van der Waals surface area contributed by atoms with Crippen LogP contribution < -0.4 is 10.6 Å². The second-order valence-electron chi connectivity index (χ2n) is 5.96. The Bertz CT molecular complexity index is 501. The average molecular weight is 383 g/mol. The van der Waals surface area contributed by atoms with Crippen LogP contribution >= 0.6 is 15.9 Å². The van der Waals surface area contributed by atoms with E-state index in [-0.39, 0.29) is 6.04 Å². The topological polar surface area (TPSA) is 63.5 Å². The second kappa shape index (κ2) is 7.41. The monoisotopic (exact) mass is 382 g/mol. The van der Waals surface area contributed by atoms with Crippen molar-refractivity contribution in [3.63, 3.8) is 0 Å². The number of alkyl carbamates (subject to hydrolysis) is 1. The normalized spacial score (nSPS) is 13.8. The van der Waals surface area contributed by atoms with Crippen molar-refractivity contribution >= 4 is 22.0 Å².